The number of ether oxygens (including phenoxy) is 3. The lowest BCUT2D eigenvalue weighted by atomic mass is 9.91. The van der Waals surface area contributed by atoms with Crippen LogP contribution in [0.25, 0.3) is 0 Å². The Bertz CT molecular complexity index is 1210. The van der Waals surface area contributed by atoms with Crippen molar-refractivity contribution in [3.8, 4) is 5.75 Å². The van der Waals surface area contributed by atoms with Crippen molar-refractivity contribution in [1.82, 2.24) is 15.1 Å². The van der Waals surface area contributed by atoms with Crippen molar-refractivity contribution in [2.24, 2.45) is 0 Å². The molecule has 2 aromatic carbocycles. The number of likely N-dealkylation sites (tertiary alicyclic amines) is 1. The van der Waals surface area contributed by atoms with Crippen LogP contribution < -0.4 is 10.1 Å². The van der Waals surface area contributed by atoms with Crippen molar-refractivity contribution >= 4 is 12.0 Å². The predicted octanol–water partition coefficient (Wildman–Crippen LogP) is 4.61. The summed E-state index contributed by atoms with van der Waals surface area (Å²) in [7, 11) is 1.51. The molecule has 2 amide bonds. The molecule has 3 fully saturated rings. The number of methoxy groups -OCH3 is 1. The fourth-order valence-corrected chi connectivity index (χ4v) is 5.60. The van der Waals surface area contributed by atoms with E-state index in [1.54, 1.807) is 17.0 Å². The number of nitrogens with zero attached hydrogens (tertiary/aromatic N) is 2. The summed E-state index contributed by atoms with van der Waals surface area (Å²) in [5, 5.41) is 2.90. The van der Waals surface area contributed by atoms with E-state index >= 15 is 0 Å². The fraction of sp³-hybridized carbons (Fsp3) is 0.517. The zero-order valence-electron chi connectivity index (χ0n) is 22.5. The summed E-state index contributed by atoms with van der Waals surface area (Å²) in [6.45, 7) is 3.83. The normalized spacial score (nSPS) is 21.1. The number of carbonyl (C=O) groups excluding carboxylic acids is 2. The van der Waals surface area contributed by atoms with Crippen molar-refractivity contribution in [3.05, 3.63) is 64.7 Å². The van der Waals surface area contributed by atoms with E-state index in [2.05, 4.69) is 10.2 Å². The predicted molar refractivity (Wildman–Crippen MR) is 140 cm³/mol. The number of hydrogen-bond acceptors (Lipinski definition) is 6. The molecular formula is C29H34F3N3O5. The molecule has 11 heteroatoms. The lowest BCUT2D eigenvalue weighted by Gasteiger charge is -2.37. The van der Waals surface area contributed by atoms with Crippen LogP contribution >= 0.6 is 0 Å². The zero-order chi connectivity index (χ0) is 28.3. The van der Waals surface area contributed by atoms with Crippen LogP contribution in [0.4, 0.5) is 18.0 Å². The number of amides is 2. The van der Waals surface area contributed by atoms with Crippen molar-refractivity contribution in [2.75, 3.05) is 39.9 Å². The molecule has 3 heterocycles. The highest BCUT2D eigenvalue weighted by Gasteiger charge is 2.46. The van der Waals surface area contributed by atoms with Gasteiger partial charge in [0.1, 0.15) is 11.4 Å². The Morgan fingerprint density at radius 3 is 2.48 bits per heavy atom. The third-order valence-corrected chi connectivity index (χ3v) is 7.89. The van der Waals surface area contributed by atoms with E-state index in [9.17, 15) is 22.8 Å². The number of carbonyl (C=O) groups is 2. The lowest BCUT2D eigenvalue weighted by Crippen LogP contribution is -2.46. The maximum Gasteiger partial charge on any atom is 0.416 e. The standard InChI is InChI=1S/C29H34F3N3O5/c1-38-25-15-21(6-9-24(25)26(36)33-16-23-3-2-14-39-23)18-35-19-28(40-27(35)37)10-12-34(13-11-28)17-20-4-7-22(8-5-20)29(30,31)32/h4-9,15,23H,2-3,10-14,16-19H2,1H3,(H,33,36). The molecule has 216 valence electrons. The quantitative estimate of drug-likeness (QED) is 0.507. The number of benzene rings is 2. The average molecular weight is 562 g/mol. The Labute approximate surface area is 231 Å². The summed E-state index contributed by atoms with van der Waals surface area (Å²) in [5.41, 5.74) is 0.815. The molecule has 0 aromatic heterocycles. The molecule has 0 bridgehead atoms. The Morgan fingerprint density at radius 2 is 1.82 bits per heavy atom. The molecule has 1 N–H and O–H groups in total. The molecule has 40 heavy (non-hydrogen) atoms. The summed E-state index contributed by atoms with van der Waals surface area (Å²) in [6, 6.07) is 10.5. The second-order valence-electron chi connectivity index (χ2n) is 10.8. The van der Waals surface area contributed by atoms with Gasteiger partial charge in [-0.25, -0.2) is 4.79 Å². The van der Waals surface area contributed by atoms with Gasteiger partial charge in [0.15, 0.2) is 0 Å². The van der Waals surface area contributed by atoms with E-state index in [-0.39, 0.29) is 18.1 Å². The number of hydrogen-bond donors (Lipinski definition) is 1. The third-order valence-electron chi connectivity index (χ3n) is 7.89. The SMILES string of the molecule is COc1cc(CN2CC3(CCN(Cc4ccc(C(F)(F)F)cc4)CC3)OC2=O)ccc1C(=O)NCC1CCCO1. The van der Waals surface area contributed by atoms with Gasteiger partial charge in [-0.3, -0.25) is 14.6 Å². The molecule has 8 nitrogen and oxygen atoms in total. The van der Waals surface area contributed by atoms with Crippen molar-refractivity contribution in [1.29, 1.82) is 0 Å². The number of halogens is 3. The van der Waals surface area contributed by atoms with Crippen LogP contribution in [-0.2, 0) is 28.7 Å². The van der Waals surface area contributed by atoms with Crippen molar-refractivity contribution in [3.63, 3.8) is 0 Å². The molecule has 0 saturated carbocycles. The van der Waals surface area contributed by atoms with Gasteiger partial charge in [0.2, 0.25) is 0 Å². The van der Waals surface area contributed by atoms with Gasteiger partial charge in [-0.1, -0.05) is 18.2 Å². The Balaban J connectivity index is 1.14. The first-order valence-electron chi connectivity index (χ1n) is 13.6. The van der Waals surface area contributed by atoms with Crippen molar-refractivity contribution < 1.29 is 37.0 Å². The summed E-state index contributed by atoms with van der Waals surface area (Å²) < 4.78 is 55.4. The summed E-state index contributed by atoms with van der Waals surface area (Å²) >= 11 is 0. The summed E-state index contributed by atoms with van der Waals surface area (Å²) in [5.74, 6) is 0.197. The minimum atomic E-state index is -4.35. The molecule has 3 saturated heterocycles. The van der Waals surface area contributed by atoms with Gasteiger partial charge >= 0.3 is 12.3 Å². The Kier molecular flexibility index (Phi) is 8.23. The largest absolute Gasteiger partial charge is 0.496 e. The number of nitrogens with one attached hydrogen (secondary N) is 1. The van der Waals surface area contributed by atoms with Crippen LogP contribution in [0, 0.1) is 0 Å². The first kappa shape index (κ1) is 28.2. The zero-order valence-corrected chi connectivity index (χ0v) is 22.5. The fourth-order valence-electron chi connectivity index (χ4n) is 5.60. The minimum Gasteiger partial charge on any atom is -0.496 e. The molecule has 1 unspecified atom stereocenters. The van der Waals surface area contributed by atoms with Crippen LogP contribution in [0.1, 0.15) is 52.7 Å². The first-order chi connectivity index (χ1) is 19.1. The van der Waals surface area contributed by atoms with Crippen LogP contribution in [0.3, 0.4) is 0 Å². The molecule has 3 aliphatic heterocycles. The number of rotatable bonds is 8. The van der Waals surface area contributed by atoms with Crippen molar-refractivity contribution in [2.45, 2.75) is 56.7 Å². The third kappa shape index (κ3) is 6.52. The van der Waals surface area contributed by atoms with Gasteiger partial charge in [0, 0.05) is 52.2 Å². The highest BCUT2D eigenvalue weighted by Crippen LogP contribution is 2.35. The number of piperidine rings is 1. The molecule has 5 rings (SSSR count). The lowest BCUT2D eigenvalue weighted by molar-refractivity contribution is -0.137. The smallest absolute Gasteiger partial charge is 0.416 e. The minimum absolute atomic E-state index is 0.0411. The highest BCUT2D eigenvalue weighted by atomic mass is 19.4. The molecule has 0 radical (unpaired) electrons. The summed E-state index contributed by atoms with van der Waals surface area (Å²) in [6.07, 6.45) is -1.47. The van der Waals surface area contributed by atoms with E-state index in [1.165, 1.54) is 19.2 Å². The van der Waals surface area contributed by atoms with Gasteiger partial charge in [0.25, 0.3) is 5.91 Å². The van der Waals surface area contributed by atoms with Crippen LogP contribution in [0.15, 0.2) is 42.5 Å². The van der Waals surface area contributed by atoms with Gasteiger partial charge < -0.3 is 19.5 Å². The van der Waals surface area contributed by atoms with Crippen LogP contribution in [0.2, 0.25) is 0 Å². The van der Waals surface area contributed by atoms with E-state index in [1.807, 2.05) is 6.07 Å². The molecule has 1 atom stereocenters. The van der Waals surface area contributed by atoms with Gasteiger partial charge in [-0.05, 0) is 48.2 Å². The molecule has 0 aliphatic carbocycles. The highest BCUT2D eigenvalue weighted by molar-refractivity contribution is 5.97. The van der Waals surface area contributed by atoms with E-state index in [0.29, 0.717) is 63.4 Å². The molecule has 3 aliphatic rings. The molecular weight excluding hydrogens is 527 g/mol. The van der Waals surface area contributed by atoms with E-state index in [4.69, 9.17) is 14.2 Å². The van der Waals surface area contributed by atoms with Gasteiger partial charge in [-0.15, -0.1) is 0 Å². The van der Waals surface area contributed by atoms with Gasteiger partial charge in [-0.2, -0.15) is 13.2 Å². The van der Waals surface area contributed by atoms with Crippen LogP contribution in [0.5, 0.6) is 5.75 Å². The van der Waals surface area contributed by atoms with Crippen LogP contribution in [-0.4, -0.2) is 73.4 Å². The second kappa shape index (κ2) is 11.7. The second-order valence-corrected chi connectivity index (χ2v) is 10.8. The Hall–Kier alpha value is -3.31. The first-order valence-corrected chi connectivity index (χ1v) is 13.6. The van der Waals surface area contributed by atoms with E-state index in [0.717, 1.165) is 42.7 Å². The Morgan fingerprint density at radius 1 is 1.10 bits per heavy atom. The molecule has 2 aromatic rings. The summed E-state index contributed by atoms with van der Waals surface area (Å²) in [4.78, 5) is 29.3. The topological polar surface area (TPSA) is 80.3 Å². The molecule has 1 spiro atoms. The monoisotopic (exact) mass is 561 g/mol. The maximum atomic E-state index is 12.8. The van der Waals surface area contributed by atoms with E-state index < -0.39 is 17.3 Å². The average Bonchev–Trinajstić information content (AvgIpc) is 3.56. The maximum absolute atomic E-state index is 12.8. The van der Waals surface area contributed by atoms with Gasteiger partial charge in [0.05, 0.1) is 30.9 Å². The number of alkyl halides is 3.